The number of Topliss-reactive ketones (excluding diaryl/α,β-unsaturated/α-hetero) is 1. The first kappa shape index (κ1) is 28.8. The molecule has 0 aliphatic rings. The zero-order valence-electron chi connectivity index (χ0n) is 22.0. The number of carbonyl (C=O) groups is 3. The summed E-state index contributed by atoms with van der Waals surface area (Å²) in [6.07, 6.45) is 4.90. The third-order valence-electron chi connectivity index (χ3n) is 6.70. The van der Waals surface area contributed by atoms with Gasteiger partial charge < -0.3 is 10.0 Å². The molecule has 3 N–H and O–H groups in total. The van der Waals surface area contributed by atoms with Crippen molar-refractivity contribution in [1.29, 1.82) is 0 Å². The molecule has 0 spiro atoms. The van der Waals surface area contributed by atoms with Crippen molar-refractivity contribution in [2.75, 3.05) is 14.1 Å². The molecule has 200 valence electrons. The lowest BCUT2D eigenvalue weighted by atomic mass is 9.80. The van der Waals surface area contributed by atoms with Gasteiger partial charge in [0, 0.05) is 38.1 Å². The fraction of sp³-hybridized carbons (Fsp3) is 0.323. The van der Waals surface area contributed by atoms with Crippen molar-refractivity contribution in [3.05, 3.63) is 107 Å². The smallest absolute Gasteiger partial charge is 0.253 e. The standard InChI is InChI=1S/C31H36N2O5/c1-33(2)30(36)24-17-21-27(22-18-24)31(37,25-11-7-6-8-12-25)26-19-15-23(16-20-26)28(34)13-9-4-3-5-10-14-29(35)32-38/h6-8,11-12,15-22,37-38H,3-5,9-10,13-14H2,1-2H3,(H,32,35). The Hall–Kier alpha value is -3.81. The van der Waals surface area contributed by atoms with Crippen LogP contribution >= 0.6 is 0 Å². The van der Waals surface area contributed by atoms with Crippen molar-refractivity contribution in [1.82, 2.24) is 10.4 Å². The molecule has 1 atom stereocenters. The van der Waals surface area contributed by atoms with Crippen LogP contribution in [0.5, 0.6) is 0 Å². The molecular formula is C31H36N2O5. The summed E-state index contributed by atoms with van der Waals surface area (Å²) in [5.74, 6) is -0.443. The highest BCUT2D eigenvalue weighted by Gasteiger charge is 2.34. The number of hydrogen-bond donors (Lipinski definition) is 3. The van der Waals surface area contributed by atoms with Crippen molar-refractivity contribution < 1.29 is 24.7 Å². The molecule has 0 aliphatic carbocycles. The van der Waals surface area contributed by atoms with Crippen molar-refractivity contribution in [3.63, 3.8) is 0 Å². The Morgan fingerprint density at radius 2 is 1.16 bits per heavy atom. The van der Waals surface area contributed by atoms with Gasteiger partial charge in [-0.05, 0) is 41.7 Å². The van der Waals surface area contributed by atoms with E-state index in [9.17, 15) is 19.5 Å². The Labute approximate surface area is 224 Å². The number of nitrogens with one attached hydrogen (secondary N) is 1. The fourth-order valence-electron chi connectivity index (χ4n) is 4.49. The number of unbranched alkanes of at least 4 members (excludes halogenated alkanes) is 4. The molecule has 3 aromatic rings. The lowest BCUT2D eigenvalue weighted by molar-refractivity contribution is -0.129. The number of amides is 2. The summed E-state index contributed by atoms with van der Waals surface area (Å²) in [4.78, 5) is 37.6. The van der Waals surface area contributed by atoms with E-state index in [0.29, 0.717) is 47.1 Å². The number of rotatable bonds is 13. The molecule has 0 fully saturated rings. The third kappa shape index (κ3) is 7.15. The Balaban J connectivity index is 1.71. The Morgan fingerprint density at radius 1 is 0.684 bits per heavy atom. The Kier molecular flexibility index (Phi) is 10.3. The summed E-state index contributed by atoms with van der Waals surface area (Å²) in [5, 5.41) is 20.6. The molecule has 0 radical (unpaired) electrons. The molecule has 0 saturated heterocycles. The van der Waals surface area contributed by atoms with Crippen LogP contribution in [0, 0.1) is 0 Å². The summed E-state index contributed by atoms with van der Waals surface area (Å²) in [7, 11) is 3.39. The molecule has 38 heavy (non-hydrogen) atoms. The molecular weight excluding hydrogens is 480 g/mol. The molecule has 0 aromatic heterocycles. The van der Waals surface area contributed by atoms with Gasteiger partial charge in [-0.25, -0.2) is 5.48 Å². The second-order valence-corrected chi connectivity index (χ2v) is 9.66. The number of nitrogens with zero attached hydrogens (tertiary/aromatic N) is 1. The predicted octanol–water partition coefficient (Wildman–Crippen LogP) is 5.09. The molecule has 2 amide bonds. The summed E-state index contributed by atoms with van der Waals surface area (Å²) >= 11 is 0. The van der Waals surface area contributed by atoms with Crippen LogP contribution < -0.4 is 5.48 Å². The van der Waals surface area contributed by atoms with Gasteiger partial charge in [0.2, 0.25) is 5.91 Å². The maximum absolute atomic E-state index is 12.7. The minimum atomic E-state index is -1.46. The molecule has 3 aromatic carbocycles. The van der Waals surface area contributed by atoms with Crippen LogP contribution in [-0.2, 0) is 10.4 Å². The molecule has 0 heterocycles. The van der Waals surface area contributed by atoms with Crippen LogP contribution in [0.3, 0.4) is 0 Å². The van der Waals surface area contributed by atoms with Crippen molar-refractivity contribution >= 4 is 17.6 Å². The number of ketones is 1. The van der Waals surface area contributed by atoms with Crippen LogP contribution in [0.2, 0.25) is 0 Å². The van der Waals surface area contributed by atoms with E-state index in [4.69, 9.17) is 5.21 Å². The van der Waals surface area contributed by atoms with E-state index in [1.165, 1.54) is 4.90 Å². The molecule has 1 unspecified atom stereocenters. The SMILES string of the molecule is CN(C)C(=O)c1ccc(C(O)(c2ccccc2)c2ccc(C(=O)CCCCCCCC(=O)NO)cc2)cc1. The first-order valence-electron chi connectivity index (χ1n) is 12.9. The quantitative estimate of drug-likeness (QED) is 0.0964. The van der Waals surface area contributed by atoms with Gasteiger partial charge in [-0.1, -0.05) is 86.0 Å². The van der Waals surface area contributed by atoms with Crippen LogP contribution in [0.1, 0.15) is 82.4 Å². The monoisotopic (exact) mass is 516 g/mol. The maximum Gasteiger partial charge on any atom is 0.253 e. The van der Waals surface area contributed by atoms with Gasteiger partial charge in [0.05, 0.1) is 0 Å². The number of carbonyl (C=O) groups excluding carboxylic acids is 3. The first-order valence-corrected chi connectivity index (χ1v) is 12.9. The molecule has 0 saturated carbocycles. The van der Waals surface area contributed by atoms with Crippen molar-refractivity contribution in [3.8, 4) is 0 Å². The van der Waals surface area contributed by atoms with Crippen molar-refractivity contribution in [2.45, 2.75) is 50.5 Å². The van der Waals surface area contributed by atoms with Gasteiger partial charge in [-0.15, -0.1) is 0 Å². The van der Waals surface area contributed by atoms with E-state index < -0.39 is 5.60 Å². The zero-order valence-corrected chi connectivity index (χ0v) is 22.0. The molecule has 0 aliphatic heterocycles. The van der Waals surface area contributed by atoms with E-state index in [1.807, 2.05) is 30.3 Å². The van der Waals surface area contributed by atoms with Gasteiger partial charge in [0.15, 0.2) is 5.78 Å². The van der Waals surface area contributed by atoms with Gasteiger partial charge in [-0.3, -0.25) is 19.6 Å². The summed E-state index contributed by atoms with van der Waals surface area (Å²) in [6.45, 7) is 0. The van der Waals surface area contributed by atoms with Crippen LogP contribution in [-0.4, -0.2) is 46.9 Å². The highest BCUT2D eigenvalue weighted by molar-refractivity contribution is 5.96. The number of hydrogen-bond acceptors (Lipinski definition) is 5. The minimum absolute atomic E-state index is 0.0472. The van der Waals surface area contributed by atoms with Crippen molar-refractivity contribution in [2.24, 2.45) is 0 Å². The van der Waals surface area contributed by atoms with Gasteiger partial charge in [-0.2, -0.15) is 0 Å². The molecule has 7 nitrogen and oxygen atoms in total. The highest BCUT2D eigenvalue weighted by Crippen LogP contribution is 2.37. The minimum Gasteiger partial charge on any atom is -0.376 e. The maximum atomic E-state index is 12.7. The summed E-state index contributed by atoms with van der Waals surface area (Å²) in [5.41, 5.74) is 3.22. The normalized spacial score (nSPS) is 12.4. The zero-order chi connectivity index (χ0) is 27.5. The molecule has 7 heteroatoms. The van der Waals surface area contributed by atoms with E-state index in [0.717, 1.165) is 25.7 Å². The Bertz CT molecular complexity index is 1210. The van der Waals surface area contributed by atoms with Gasteiger partial charge >= 0.3 is 0 Å². The summed E-state index contributed by atoms with van der Waals surface area (Å²) < 4.78 is 0. The third-order valence-corrected chi connectivity index (χ3v) is 6.70. The van der Waals surface area contributed by atoms with E-state index in [-0.39, 0.29) is 17.6 Å². The predicted molar refractivity (Wildman–Crippen MR) is 146 cm³/mol. The van der Waals surface area contributed by atoms with Crippen LogP contribution in [0.15, 0.2) is 78.9 Å². The number of aliphatic hydroxyl groups is 1. The second-order valence-electron chi connectivity index (χ2n) is 9.66. The van der Waals surface area contributed by atoms with Crippen LogP contribution in [0.4, 0.5) is 0 Å². The Morgan fingerprint density at radius 3 is 1.68 bits per heavy atom. The number of hydroxylamine groups is 1. The van der Waals surface area contributed by atoms with E-state index >= 15 is 0 Å². The lowest BCUT2D eigenvalue weighted by Crippen LogP contribution is -2.29. The van der Waals surface area contributed by atoms with Gasteiger partial charge in [0.1, 0.15) is 5.60 Å². The molecule has 3 rings (SSSR count). The lowest BCUT2D eigenvalue weighted by Gasteiger charge is -2.30. The van der Waals surface area contributed by atoms with Gasteiger partial charge in [0.25, 0.3) is 5.91 Å². The largest absolute Gasteiger partial charge is 0.376 e. The average Bonchev–Trinajstić information content (AvgIpc) is 2.96. The second kappa shape index (κ2) is 13.7. The topological polar surface area (TPSA) is 107 Å². The van der Waals surface area contributed by atoms with E-state index in [1.54, 1.807) is 68.1 Å². The molecule has 0 bridgehead atoms. The number of benzene rings is 3. The first-order chi connectivity index (χ1) is 18.3. The average molecular weight is 517 g/mol. The van der Waals surface area contributed by atoms with Crippen LogP contribution in [0.25, 0.3) is 0 Å². The fourth-order valence-corrected chi connectivity index (χ4v) is 4.49. The summed E-state index contributed by atoms with van der Waals surface area (Å²) in [6, 6.07) is 23.3. The van der Waals surface area contributed by atoms with E-state index in [2.05, 4.69) is 0 Å². The highest BCUT2D eigenvalue weighted by atomic mass is 16.5.